The molecule has 1 aromatic carbocycles. The molecule has 1 amide bonds. The summed E-state index contributed by atoms with van der Waals surface area (Å²) in [4.78, 5) is 22.7. The Morgan fingerprint density at radius 1 is 1.36 bits per heavy atom. The Kier molecular flexibility index (Phi) is 8.69. The first-order valence-corrected chi connectivity index (χ1v) is 8.63. The SMILES string of the molecule is CCCN(C(=O)CCc1nc2c(C)cccc2[nH]1)C1CCNC1.Cl.Cl. The number of hydrogen-bond acceptors (Lipinski definition) is 3. The van der Waals surface area contributed by atoms with Crippen LogP contribution >= 0.6 is 24.8 Å². The molecule has 5 nitrogen and oxygen atoms in total. The highest BCUT2D eigenvalue weighted by Crippen LogP contribution is 2.17. The first-order valence-electron chi connectivity index (χ1n) is 8.63. The number of imidazole rings is 1. The van der Waals surface area contributed by atoms with Gasteiger partial charge in [0.1, 0.15) is 5.82 Å². The number of rotatable bonds is 6. The third-order valence-corrected chi connectivity index (χ3v) is 4.60. The van der Waals surface area contributed by atoms with Gasteiger partial charge in [-0.15, -0.1) is 24.8 Å². The van der Waals surface area contributed by atoms with E-state index in [1.165, 1.54) is 5.56 Å². The van der Waals surface area contributed by atoms with Crippen LogP contribution in [0.3, 0.4) is 0 Å². The maximum absolute atomic E-state index is 12.6. The molecule has 0 aliphatic carbocycles. The average molecular weight is 387 g/mol. The van der Waals surface area contributed by atoms with Crippen molar-refractivity contribution in [2.45, 2.75) is 45.6 Å². The van der Waals surface area contributed by atoms with Gasteiger partial charge in [-0.1, -0.05) is 19.1 Å². The summed E-state index contributed by atoms with van der Waals surface area (Å²) in [5.74, 6) is 1.15. The minimum Gasteiger partial charge on any atom is -0.342 e. The van der Waals surface area contributed by atoms with Gasteiger partial charge in [-0.3, -0.25) is 4.79 Å². The lowest BCUT2D eigenvalue weighted by atomic mass is 10.1. The van der Waals surface area contributed by atoms with E-state index in [0.717, 1.165) is 49.3 Å². The maximum Gasteiger partial charge on any atom is 0.223 e. The predicted molar refractivity (Wildman–Crippen MR) is 107 cm³/mol. The number of hydrogen-bond donors (Lipinski definition) is 2. The van der Waals surface area contributed by atoms with E-state index in [0.29, 0.717) is 18.9 Å². The molecule has 0 radical (unpaired) electrons. The van der Waals surface area contributed by atoms with E-state index in [2.05, 4.69) is 40.1 Å². The van der Waals surface area contributed by atoms with Crippen molar-refractivity contribution >= 4 is 41.8 Å². The predicted octanol–water partition coefficient (Wildman–Crippen LogP) is 3.25. The molecular formula is C18H28Cl2N4O. The largest absolute Gasteiger partial charge is 0.342 e. The molecule has 0 saturated carbocycles. The molecule has 1 unspecified atom stereocenters. The van der Waals surface area contributed by atoms with Gasteiger partial charge in [0.15, 0.2) is 0 Å². The zero-order valence-electron chi connectivity index (χ0n) is 14.9. The van der Waals surface area contributed by atoms with E-state index in [1.807, 2.05) is 12.1 Å². The smallest absolute Gasteiger partial charge is 0.223 e. The van der Waals surface area contributed by atoms with E-state index >= 15 is 0 Å². The highest BCUT2D eigenvalue weighted by atomic mass is 35.5. The number of carbonyl (C=O) groups excluding carboxylic acids is 1. The van der Waals surface area contributed by atoms with Crippen LogP contribution in [0.2, 0.25) is 0 Å². The maximum atomic E-state index is 12.6. The molecule has 140 valence electrons. The standard InChI is InChI=1S/C18H26N4O.2ClH/c1-3-11-22(14-9-10-19-12-14)17(23)8-7-16-20-15-6-4-5-13(2)18(15)21-16;;/h4-6,14,19H,3,7-12H2,1-2H3,(H,20,21);2*1H. The summed E-state index contributed by atoms with van der Waals surface area (Å²) in [7, 11) is 0. The number of aromatic amines is 1. The van der Waals surface area contributed by atoms with Gasteiger partial charge in [-0.25, -0.2) is 4.98 Å². The van der Waals surface area contributed by atoms with Gasteiger partial charge in [0.2, 0.25) is 5.91 Å². The molecule has 1 aromatic heterocycles. The fourth-order valence-corrected chi connectivity index (χ4v) is 3.37. The molecule has 2 heterocycles. The Bertz CT molecular complexity index is 683. The number of halogens is 2. The summed E-state index contributed by atoms with van der Waals surface area (Å²) in [5.41, 5.74) is 3.24. The average Bonchev–Trinajstić information content (AvgIpc) is 3.20. The van der Waals surface area contributed by atoms with Gasteiger partial charge in [-0.2, -0.15) is 0 Å². The minimum absolute atomic E-state index is 0. The highest BCUT2D eigenvalue weighted by molar-refractivity contribution is 5.85. The van der Waals surface area contributed by atoms with E-state index in [-0.39, 0.29) is 30.7 Å². The molecule has 3 rings (SSSR count). The van der Waals surface area contributed by atoms with Crippen molar-refractivity contribution in [2.24, 2.45) is 0 Å². The minimum atomic E-state index is 0. The van der Waals surface area contributed by atoms with Crippen LogP contribution in [0.25, 0.3) is 11.0 Å². The topological polar surface area (TPSA) is 61.0 Å². The Morgan fingerprint density at radius 2 is 2.16 bits per heavy atom. The van der Waals surface area contributed by atoms with Crippen molar-refractivity contribution in [1.29, 1.82) is 0 Å². The first kappa shape index (κ1) is 21.7. The van der Waals surface area contributed by atoms with Crippen LogP contribution < -0.4 is 5.32 Å². The number of aromatic nitrogens is 2. The van der Waals surface area contributed by atoms with Crippen LogP contribution in [0.1, 0.15) is 37.6 Å². The van der Waals surface area contributed by atoms with Crippen LogP contribution in [-0.2, 0) is 11.2 Å². The Labute approximate surface area is 161 Å². The highest BCUT2D eigenvalue weighted by Gasteiger charge is 2.25. The van der Waals surface area contributed by atoms with Crippen molar-refractivity contribution in [3.05, 3.63) is 29.6 Å². The summed E-state index contributed by atoms with van der Waals surface area (Å²) in [6.07, 6.45) is 3.27. The second kappa shape index (κ2) is 10.00. The van der Waals surface area contributed by atoms with Crippen LogP contribution in [0.4, 0.5) is 0 Å². The van der Waals surface area contributed by atoms with E-state index in [9.17, 15) is 4.79 Å². The lowest BCUT2D eigenvalue weighted by Gasteiger charge is -2.28. The molecule has 2 N–H and O–H groups in total. The van der Waals surface area contributed by atoms with E-state index in [1.54, 1.807) is 0 Å². The number of nitrogens with one attached hydrogen (secondary N) is 2. The molecule has 1 aliphatic rings. The van der Waals surface area contributed by atoms with Crippen molar-refractivity contribution in [1.82, 2.24) is 20.2 Å². The number of H-pyrrole nitrogens is 1. The first-order chi connectivity index (χ1) is 11.2. The molecule has 1 saturated heterocycles. The summed E-state index contributed by atoms with van der Waals surface area (Å²) in [5, 5.41) is 3.35. The molecule has 1 fully saturated rings. The molecule has 25 heavy (non-hydrogen) atoms. The molecule has 0 bridgehead atoms. The van der Waals surface area contributed by atoms with Crippen molar-refractivity contribution < 1.29 is 4.79 Å². The van der Waals surface area contributed by atoms with Gasteiger partial charge in [0, 0.05) is 32.0 Å². The van der Waals surface area contributed by atoms with Crippen molar-refractivity contribution in [3.63, 3.8) is 0 Å². The number of aryl methyl sites for hydroxylation is 2. The molecular weight excluding hydrogens is 359 g/mol. The monoisotopic (exact) mass is 386 g/mol. The fraction of sp³-hybridized carbons (Fsp3) is 0.556. The number of carbonyl (C=O) groups is 1. The lowest BCUT2D eigenvalue weighted by Crippen LogP contribution is -2.42. The number of fused-ring (bicyclic) bond motifs is 1. The number of para-hydroxylation sites is 1. The van der Waals surface area contributed by atoms with Gasteiger partial charge in [0.25, 0.3) is 0 Å². The van der Waals surface area contributed by atoms with Gasteiger partial charge >= 0.3 is 0 Å². The lowest BCUT2D eigenvalue weighted by molar-refractivity contribution is -0.133. The van der Waals surface area contributed by atoms with Gasteiger partial charge in [0.05, 0.1) is 11.0 Å². The quantitative estimate of drug-likeness (QED) is 0.800. The van der Waals surface area contributed by atoms with Crippen LogP contribution in [0, 0.1) is 6.92 Å². The molecule has 1 aliphatic heterocycles. The fourth-order valence-electron chi connectivity index (χ4n) is 3.37. The van der Waals surface area contributed by atoms with E-state index in [4.69, 9.17) is 0 Å². The number of amides is 1. The third-order valence-electron chi connectivity index (χ3n) is 4.60. The summed E-state index contributed by atoms with van der Waals surface area (Å²) in [6.45, 7) is 6.99. The Balaban J connectivity index is 0.00000156. The van der Waals surface area contributed by atoms with E-state index < -0.39 is 0 Å². The molecule has 0 spiro atoms. The molecule has 2 aromatic rings. The normalized spacial score (nSPS) is 16.3. The van der Waals surface area contributed by atoms with Crippen molar-refractivity contribution in [3.8, 4) is 0 Å². The van der Waals surface area contributed by atoms with Gasteiger partial charge in [-0.05, 0) is 37.9 Å². The van der Waals surface area contributed by atoms with Gasteiger partial charge < -0.3 is 15.2 Å². The zero-order chi connectivity index (χ0) is 16.2. The summed E-state index contributed by atoms with van der Waals surface area (Å²) < 4.78 is 0. The zero-order valence-corrected chi connectivity index (χ0v) is 16.5. The second-order valence-corrected chi connectivity index (χ2v) is 6.39. The van der Waals surface area contributed by atoms with Crippen molar-refractivity contribution in [2.75, 3.05) is 19.6 Å². The summed E-state index contributed by atoms with van der Waals surface area (Å²) in [6, 6.07) is 6.49. The molecule has 1 atom stereocenters. The number of benzene rings is 1. The summed E-state index contributed by atoms with van der Waals surface area (Å²) >= 11 is 0. The second-order valence-electron chi connectivity index (χ2n) is 6.39. The van der Waals surface area contributed by atoms with Crippen LogP contribution in [0.5, 0.6) is 0 Å². The van der Waals surface area contributed by atoms with Crippen LogP contribution in [-0.4, -0.2) is 46.5 Å². The number of nitrogens with zero attached hydrogens (tertiary/aromatic N) is 2. The Morgan fingerprint density at radius 3 is 2.80 bits per heavy atom. The Hall–Kier alpha value is -1.30. The van der Waals surface area contributed by atoms with Crippen LogP contribution in [0.15, 0.2) is 18.2 Å². The third kappa shape index (κ3) is 5.09. The molecule has 7 heteroatoms.